The zero-order valence-electron chi connectivity index (χ0n) is 10.7. The van der Waals surface area contributed by atoms with E-state index in [2.05, 4.69) is 17.2 Å². The Balaban J connectivity index is 2.01. The molecule has 1 aliphatic carbocycles. The van der Waals surface area contributed by atoms with Gasteiger partial charge in [0.1, 0.15) is 5.15 Å². The first kappa shape index (κ1) is 12.4. The Morgan fingerprint density at radius 2 is 2.11 bits per heavy atom. The van der Waals surface area contributed by atoms with E-state index < -0.39 is 0 Å². The molecule has 0 spiro atoms. The molecular weight excluding hydrogens is 260 g/mol. The molecule has 0 bridgehead atoms. The van der Waals surface area contributed by atoms with E-state index in [0.717, 1.165) is 23.7 Å². The summed E-state index contributed by atoms with van der Waals surface area (Å²) in [5.74, 6) is -0.0669. The molecule has 2 aromatic rings. The van der Waals surface area contributed by atoms with Gasteiger partial charge in [-0.2, -0.15) is 0 Å². The normalized spacial score (nSPS) is 16.9. The van der Waals surface area contributed by atoms with E-state index in [0.29, 0.717) is 10.7 Å². The first-order chi connectivity index (χ1) is 9.07. The Morgan fingerprint density at radius 3 is 2.79 bits per heavy atom. The van der Waals surface area contributed by atoms with Crippen LogP contribution in [0.15, 0.2) is 30.3 Å². The number of hydrogen-bond acceptors (Lipinski definition) is 2. The van der Waals surface area contributed by atoms with Gasteiger partial charge in [0.15, 0.2) is 0 Å². The maximum atomic E-state index is 12.4. The quantitative estimate of drug-likeness (QED) is 0.851. The fourth-order valence-corrected chi connectivity index (χ4v) is 2.70. The van der Waals surface area contributed by atoms with Gasteiger partial charge in [0.25, 0.3) is 5.91 Å². The van der Waals surface area contributed by atoms with Crippen molar-refractivity contribution in [3.8, 4) is 0 Å². The summed E-state index contributed by atoms with van der Waals surface area (Å²) in [4.78, 5) is 16.7. The molecule has 0 unspecified atom stereocenters. The minimum absolute atomic E-state index is 0.0616. The van der Waals surface area contributed by atoms with Crippen molar-refractivity contribution in [3.63, 3.8) is 0 Å². The summed E-state index contributed by atoms with van der Waals surface area (Å²) >= 11 is 6.00. The summed E-state index contributed by atoms with van der Waals surface area (Å²) in [6.07, 6.45) is 3.25. The molecule has 0 aliphatic heterocycles. The molecule has 1 heterocycles. The van der Waals surface area contributed by atoms with Crippen LogP contribution in [0.5, 0.6) is 0 Å². The highest BCUT2D eigenvalue weighted by Crippen LogP contribution is 2.31. The number of nitrogens with zero attached hydrogens (tertiary/aromatic N) is 1. The van der Waals surface area contributed by atoms with E-state index in [1.165, 1.54) is 6.42 Å². The second-order valence-corrected chi connectivity index (χ2v) is 5.77. The second kappa shape index (κ2) is 4.49. The highest BCUT2D eigenvalue weighted by molar-refractivity contribution is 6.30. The maximum Gasteiger partial charge on any atom is 0.252 e. The first-order valence-corrected chi connectivity index (χ1v) is 6.83. The summed E-state index contributed by atoms with van der Waals surface area (Å²) in [6, 6.07) is 9.20. The molecule has 19 heavy (non-hydrogen) atoms. The van der Waals surface area contributed by atoms with Gasteiger partial charge >= 0.3 is 0 Å². The number of halogens is 1. The molecule has 3 rings (SSSR count). The van der Waals surface area contributed by atoms with E-state index in [1.54, 1.807) is 6.07 Å². The van der Waals surface area contributed by atoms with Crippen LogP contribution in [0, 0.1) is 0 Å². The maximum absolute atomic E-state index is 12.4. The van der Waals surface area contributed by atoms with Gasteiger partial charge in [0.2, 0.25) is 0 Å². The highest BCUT2D eigenvalue weighted by atomic mass is 35.5. The van der Waals surface area contributed by atoms with Crippen molar-refractivity contribution in [2.24, 2.45) is 0 Å². The molecule has 1 saturated carbocycles. The summed E-state index contributed by atoms with van der Waals surface area (Å²) in [5, 5.41) is 4.29. The van der Waals surface area contributed by atoms with Gasteiger partial charge in [0.05, 0.1) is 11.1 Å². The Morgan fingerprint density at radius 1 is 1.37 bits per heavy atom. The average molecular weight is 275 g/mol. The molecule has 0 saturated heterocycles. The average Bonchev–Trinajstić information content (AvgIpc) is 2.35. The number of nitrogens with one attached hydrogen (secondary N) is 1. The van der Waals surface area contributed by atoms with Crippen molar-refractivity contribution in [2.75, 3.05) is 0 Å². The van der Waals surface area contributed by atoms with Gasteiger partial charge in [-0.15, -0.1) is 0 Å². The lowest BCUT2D eigenvalue weighted by atomic mass is 9.78. The lowest BCUT2D eigenvalue weighted by molar-refractivity contribution is 0.0852. The number of carbonyl (C=O) groups is 1. The third-order valence-corrected chi connectivity index (χ3v) is 4.00. The van der Waals surface area contributed by atoms with Crippen molar-refractivity contribution >= 4 is 28.4 Å². The van der Waals surface area contributed by atoms with E-state index in [1.807, 2.05) is 24.3 Å². The molecule has 98 valence electrons. The molecule has 1 fully saturated rings. The summed E-state index contributed by atoms with van der Waals surface area (Å²) in [6.45, 7) is 2.08. The highest BCUT2D eigenvalue weighted by Gasteiger charge is 2.33. The molecule has 4 heteroatoms. The molecule has 0 atom stereocenters. The number of carbonyl (C=O) groups excluding carboxylic acids is 1. The number of pyridine rings is 1. The van der Waals surface area contributed by atoms with Crippen LogP contribution in [-0.2, 0) is 0 Å². The zero-order valence-corrected chi connectivity index (χ0v) is 11.5. The minimum Gasteiger partial charge on any atom is -0.347 e. The van der Waals surface area contributed by atoms with Crippen LogP contribution in [0.2, 0.25) is 5.15 Å². The second-order valence-electron chi connectivity index (χ2n) is 5.38. The van der Waals surface area contributed by atoms with Gasteiger partial charge < -0.3 is 5.32 Å². The number of aromatic nitrogens is 1. The fourth-order valence-electron chi connectivity index (χ4n) is 2.50. The lowest BCUT2D eigenvalue weighted by Gasteiger charge is -2.39. The van der Waals surface area contributed by atoms with Crippen LogP contribution in [0.3, 0.4) is 0 Å². The van der Waals surface area contributed by atoms with Crippen molar-refractivity contribution in [2.45, 2.75) is 31.7 Å². The third-order valence-electron chi connectivity index (χ3n) is 3.80. The predicted octanol–water partition coefficient (Wildman–Crippen LogP) is 3.56. The van der Waals surface area contributed by atoms with Crippen molar-refractivity contribution in [3.05, 3.63) is 41.0 Å². The van der Waals surface area contributed by atoms with Crippen molar-refractivity contribution in [1.29, 1.82) is 0 Å². The molecule has 1 aliphatic rings. The van der Waals surface area contributed by atoms with Gasteiger partial charge in [-0.25, -0.2) is 4.98 Å². The topological polar surface area (TPSA) is 42.0 Å². The van der Waals surface area contributed by atoms with Crippen LogP contribution in [-0.4, -0.2) is 16.4 Å². The van der Waals surface area contributed by atoms with Gasteiger partial charge in [-0.1, -0.05) is 29.8 Å². The minimum atomic E-state index is -0.0669. The number of amides is 1. The number of fused-ring (bicyclic) bond motifs is 1. The Hall–Kier alpha value is -1.61. The Bertz CT molecular complexity index is 650. The van der Waals surface area contributed by atoms with Crippen LogP contribution >= 0.6 is 11.6 Å². The van der Waals surface area contributed by atoms with E-state index in [4.69, 9.17) is 11.6 Å². The first-order valence-electron chi connectivity index (χ1n) is 6.45. The van der Waals surface area contributed by atoms with Crippen LogP contribution in [0.25, 0.3) is 10.9 Å². The molecule has 0 radical (unpaired) electrons. The number of rotatable bonds is 2. The predicted molar refractivity (Wildman–Crippen MR) is 76.5 cm³/mol. The van der Waals surface area contributed by atoms with Crippen LogP contribution < -0.4 is 5.32 Å². The molecular formula is C15H15ClN2O. The largest absolute Gasteiger partial charge is 0.347 e. The molecule has 3 nitrogen and oxygen atoms in total. The molecule has 1 aromatic heterocycles. The summed E-state index contributed by atoms with van der Waals surface area (Å²) in [7, 11) is 0. The monoisotopic (exact) mass is 274 g/mol. The van der Waals surface area contributed by atoms with E-state index in [-0.39, 0.29) is 11.4 Å². The van der Waals surface area contributed by atoms with Crippen molar-refractivity contribution < 1.29 is 4.79 Å². The summed E-state index contributed by atoms with van der Waals surface area (Å²) < 4.78 is 0. The van der Waals surface area contributed by atoms with Crippen LogP contribution in [0.4, 0.5) is 0 Å². The van der Waals surface area contributed by atoms with Crippen LogP contribution in [0.1, 0.15) is 36.5 Å². The zero-order chi connectivity index (χ0) is 13.5. The Kier molecular flexibility index (Phi) is 2.94. The lowest BCUT2D eigenvalue weighted by Crippen LogP contribution is -2.50. The third kappa shape index (κ3) is 2.30. The number of benzene rings is 1. The molecule has 1 aromatic carbocycles. The van der Waals surface area contributed by atoms with Gasteiger partial charge in [-0.05, 0) is 38.3 Å². The molecule has 1 amide bonds. The van der Waals surface area contributed by atoms with E-state index in [9.17, 15) is 4.79 Å². The van der Waals surface area contributed by atoms with Crippen molar-refractivity contribution in [1.82, 2.24) is 10.3 Å². The summed E-state index contributed by atoms with van der Waals surface area (Å²) in [5.41, 5.74) is 1.29. The number of hydrogen-bond donors (Lipinski definition) is 1. The Labute approximate surface area is 117 Å². The van der Waals surface area contributed by atoms with Gasteiger partial charge in [-0.3, -0.25) is 4.79 Å². The fraction of sp³-hybridized carbons (Fsp3) is 0.333. The van der Waals surface area contributed by atoms with E-state index >= 15 is 0 Å². The SMILES string of the molecule is CC1(NC(=O)c2cc(Cl)nc3ccccc23)CCC1. The van der Waals surface area contributed by atoms with Gasteiger partial charge in [0, 0.05) is 10.9 Å². The smallest absolute Gasteiger partial charge is 0.252 e. The number of para-hydroxylation sites is 1. The standard InChI is InChI=1S/C15H15ClN2O/c1-15(7-4-8-15)18-14(19)11-9-13(16)17-12-6-3-2-5-10(11)12/h2-3,5-6,9H,4,7-8H2,1H3,(H,18,19). The molecule has 1 N–H and O–H groups in total.